The largest absolute Gasteiger partial charge is 0.383 e. The number of rotatable bonds is 5. The molecule has 1 aromatic carbocycles. The van der Waals surface area contributed by atoms with E-state index in [2.05, 4.69) is 10.6 Å². The fraction of sp³-hybridized carbons (Fsp3) is 0.267. The molecule has 2 aromatic rings. The van der Waals surface area contributed by atoms with Gasteiger partial charge in [-0.1, -0.05) is 18.2 Å². The fourth-order valence-corrected chi connectivity index (χ4v) is 3.18. The van der Waals surface area contributed by atoms with Crippen molar-refractivity contribution in [3.8, 4) is 0 Å². The predicted octanol–water partition coefficient (Wildman–Crippen LogP) is 3.50. The average molecular weight is 322 g/mol. The van der Waals surface area contributed by atoms with Crippen LogP contribution in [0.15, 0.2) is 46.7 Å². The maximum absolute atomic E-state index is 12.0. The molecule has 0 aliphatic carbocycles. The van der Waals surface area contributed by atoms with E-state index in [-0.39, 0.29) is 12.6 Å². The van der Waals surface area contributed by atoms with Crippen LogP contribution in [0.4, 0.5) is 10.5 Å². The van der Waals surface area contributed by atoms with E-state index in [1.807, 2.05) is 48.0 Å². The Morgan fingerprint density at radius 3 is 2.76 bits per heavy atom. The molecule has 21 heavy (non-hydrogen) atoms. The number of para-hydroxylation sites is 1. The monoisotopic (exact) mass is 322 g/mol. The molecule has 1 heterocycles. The summed E-state index contributed by atoms with van der Waals surface area (Å²) < 4.78 is 0. The van der Waals surface area contributed by atoms with Crippen molar-refractivity contribution < 1.29 is 9.90 Å². The molecule has 0 saturated carbocycles. The van der Waals surface area contributed by atoms with Gasteiger partial charge in [-0.25, -0.2) is 4.79 Å². The van der Waals surface area contributed by atoms with Crippen LogP contribution in [0.25, 0.3) is 0 Å². The Balaban J connectivity index is 1.93. The summed E-state index contributed by atoms with van der Waals surface area (Å²) in [6.07, 6.45) is 1.96. The van der Waals surface area contributed by atoms with Crippen LogP contribution < -0.4 is 10.6 Å². The quantitative estimate of drug-likeness (QED) is 0.738. The van der Waals surface area contributed by atoms with Gasteiger partial charge in [0.2, 0.25) is 0 Å². The third-order valence-corrected chi connectivity index (χ3v) is 4.92. The minimum Gasteiger partial charge on any atom is -0.383 e. The Hall–Kier alpha value is -1.50. The lowest BCUT2D eigenvalue weighted by Gasteiger charge is -2.22. The van der Waals surface area contributed by atoms with Gasteiger partial charge >= 0.3 is 6.03 Å². The Kier molecular flexibility index (Phi) is 5.27. The fourth-order valence-electron chi connectivity index (χ4n) is 1.84. The molecule has 3 N–H and O–H groups in total. The zero-order valence-corrected chi connectivity index (χ0v) is 13.6. The van der Waals surface area contributed by atoms with Gasteiger partial charge in [0.15, 0.2) is 0 Å². The topological polar surface area (TPSA) is 61.4 Å². The third kappa shape index (κ3) is 4.23. The van der Waals surface area contributed by atoms with Crippen LogP contribution in [-0.4, -0.2) is 23.9 Å². The highest BCUT2D eigenvalue weighted by atomic mass is 32.2. The first kappa shape index (κ1) is 15.9. The number of thioether (sulfide) groups is 1. The molecule has 1 unspecified atom stereocenters. The zero-order chi connectivity index (χ0) is 15.3. The van der Waals surface area contributed by atoms with Gasteiger partial charge in [0.1, 0.15) is 5.60 Å². The van der Waals surface area contributed by atoms with E-state index in [4.69, 9.17) is 0 Å². The highest BCUT2D eigenvalue weighted by Gasteiger charge is 2.24. The second-order valence-corrected chi connectivity index (χ2v) is 6.55. The number of benzene rings is 1. The molecular weight excluding hydrogens is 304 g/mol. The van der Waals surface area contributed by atoms with E-state index in [1.54, 1.807) is 18.7 Å². The highest BCUT2D eigenvalue weighted by Crippen LogP contribution is 2.25. The number of amides is 2. The molecule has 0 bridgehead atoms. The summed E-state index contributed by atoms with van der Waals surface area (Å²) in [5, 5.41) is 17.8. The standard InChI is InChI=1S/C15H18N2O2S2/c1-15(19,13-8-5-9-21-13)10-16-14(18)17-11-6-3-4-7-12(11)20-2/h3-9,19H,10H2,1-2H3,(H2,16,17,18). The van der Waals surface area contributed by atoms with E-state index in [9.17, 15) is 9.90 Å². The van der Waals surface area contributed by atoms with Crippen LogP contribution in [0, 0.1) is 0 Å². The molecule has 0 fully saturated rings. The van der Waals surface area contributed by atoms with Crippen molar-refractivity contribution in [3.05, 3.63) is 46.7 Å². The number of carbonyl (C=O) groups excluding carboxylic acids is 1. The highest BCUT2D eigenvalue weighted by molar-refractivity contribution is 7.98. The van der Waals surface area contributed by atoms with Crippen LogP contribution in [-0.2, 0) is 5.60 Å². The molecule has 0 aliphatic rings. The van der Waals surface area contributed by atoms with Gasteiger partial charge in [-0.2, -0.15) is 0 Å². The van der Waals surface area contributed by atoms with E-state index < -0.39 is 5.60 Å². The smallest absolute Gasteiger partial charge is 0.319 e. The van der Waals surface area contributed by atoms with Gasteiger partial charge in [-0.15, -0.1) is 23.1 Å². The average Bonchev–Trinajstić information content (AvgIpc) is 3.01. The van der Waals surface area contributed by atoms with Gasteiger partial charge in [0, 0.05) is 9.77 Å². The zero-order valence-electron chi connectivity index (χ0n) is 11.9. The van der Waals surface area contributed by atoms with Gasteiger partial charge in [-0.05, 0) is 36.8 Å². The predicted molar refractivity (Wildman–Crippen MR) is 89.1 cm³/mol. The van der Waals surface area contributed by atoms with Crippen molar-refractivity contribution in [2.24, 2.45) is 0 Å². The van der Waals surface area contributed by atoms with Crippen molar-refractivity contribution in [3.63, 3.8) is 0 Å². The summed E-state index contributed by atoms with van der Waals surface area (Å²) in [5.74, 6) is 0. The lowest BCUT2D eigenvalue weighted by Crippen LogP contribution is -2.40. The van der Waals surface area contributed by atoms with Crippen LogP contribution in [0.1, 0.15) is 11.8 Å². The number of hydrogen-bond donors (Lipinski definition) is 3. The van der Waals surface area contributed by atoms with E-state index in [0.29, 0.717) is 0 Å². The van der Waals surface area contributed by atoms with Crippen LogP contribution in [0.5, 0.6) is 0 Å². The van der Waals surface area contributed by atoms with Crippen molar-refractivity contribution in [1.82, 2.24) is 5.32 Å². The number of urea groups is 1. The van der Waals surface area contributed by atoms with Crippen molar-refractivity contribution in [1.29, 1.82) is 0 Å². The van der Waals surface area contributed by atoms with E-state index >= 15 is 0 Å². The minimum absolute atomic E-state index is 0.154. The molecule has 2 amide bonds. The van der Waals surface area contributed by atoms with Crippen LogP contribution >= 0.6 is 23.1 Å². The van der Waals surface area contributed by atoms with Gasteiger partial charge < -0.3 is 15.7 Å². The second-order valence-electron chi connectivity index (χ2n) is 4.76. The van der Waals surface area contributed by atoms with Crippen molar-refractivity contribution >= 4 is 34.8 Å². The first-order valence-electron chi connectivity index (χ1n) is 6.47. The van der Waals surface area contributed by atoms with Gasteiger partial charge in [-0.3, -0.25) is 0 Å². The summed E-state index contributed by atoms with van der Waals surface area (Å²) in [6.45, 7) is 1.84. The Morgan fingerprint density at radius 1 is 1.33 bits per heavy atom. The molecule has 1 atom stereocenters. The number of aliphatic hydroxyl groups is 1. The van der Waals surface area contributed by atoms with Gasteiger partial charge in [0.25, 0.3) is 0 Å². The lowest BCUT2D eigenvalue weighted by atomic mass is 10.1. The summed E-state index contributed by atoms with van der Waals surface area (Å²) in [7, 11) is 0. The molecule has 0 radical (unpaired) electrons. The maximum Gasteiger partial charge on any atom is 0.319 e. The Morgan fingerprint density at radius 2 is 2.10 bits per heavy atom. The Labute approximate surface area is 132 Å². The molecule has 0 spiro atoms. The maximum atomic E-state index is 12.0. The molecule has 6 heteroatoms. The number of nitrogens with one attached hydrogen (secondary N) is 2. The molecule has 4 nitrogen and oxygen atoms in total. The van der Waals surface area contributed by atoms with Crippen LogP contribution in [0.2, 0.25) is 0 Å². The summed E-state index contributed by atoms with van der Waals surface area (Å²) in [5.41, 5.74) is -0.303. The summed E-state index contributed by atoms with van der Waals surface area (Å²) in [6, 6.07) is 11.0. The minimum atomic E-state index is -1.06. The number of carbonyl (C=O) groups is 1. The molecule has 112 valence electrons. The van der Waals surface area contributed by atoms with Gasteiger partial charge in [0.05, 0.1) is 12.2 Å². The molecule has 0 aliphatic heterocycles. The summed E-state index contributed by atoms with van der Waals surface area (Å²) >= 11 is 3.04. The summed E-state index contributed by atoms with van der Waals surface area (Å²) in [4.78, 5) is 13.8. The molecular formula is C15H18N2O2S2. The molecule has 2 rings (SSSR count). The first-order valence-corrected chi connectivity index (χ1v) is 8.57. The number of hydrogen-bond acceptors (Lipinski definition) is 4. The normalized spacial score (nSPS) is 13.5. The number of anilines is 1. The van der Waals surface area contributed by atoms with E-state index in [1.165, 1.54) is 11.3 Å². The van der Waals surface area contributed by atoms with Crippen molar-refractivity contribution in [2.75, 3.05) is 18.1 Å². The van der Waals surface area contributed by atoms with Crippen molar-refractivity contribution in [2.45, 2.75) is 17.4 Å². The van der Waals surface area contributed by atoms with Crippen LogP contribution in [0.3, 0.4) is 0 Å². The molecule has 0 saturated heterocycles. The molecule has 1 aromatic heterocycles. The van der Waals surface area contributed by atoms with E-state index in [0.717, 1.165) is 15.5 Å². The number of thiophene rings is 1. The second kappa shape index (κ2) is 6.98. The SMILES string of the molecule is CSc1ccccc1NC(=O)NCC(C)(O)c1cccs1. The Bertz CT molecular complexity index is 597. The first-order chi connectivity index (χ1) is 10.0. The third-order valence-electron chi connectivity index (χ3n) is 3.00. The lowest BCUT2D eigenvalue weighted by molar-refractivity contribution is 0.0637.